The fraction of sp³-hybridized carbons (Fsp3) is 0.333. The van der Waals surface area contributed by atoms with E-state index in [0.29, 0.717) is 0 Å². The molecule has 0 aliphatic carbocycles. The van der Waals surface area contributed by atoms with Gasteiger partial charge in [0.2, 0.25) is 0 Å². The number of rotatable bonds is 6. The number of hydrogen-bond donors (Lipinski definition) is 2. The Morgan fingerprint density at radius 2 is 1.62 bits per heavy atom. The first-order valence-electron chi connectivity index (χ1n) is 7.25. The maximum absolute atomic E-state index is 10.5. The van der Waals surface area contributed by atoms with Crippen molar-refractivity contribution in [1.82, 2.24) is 5.32 Å². The van der Waals surface area contributed by atoms with Crippen molar-refractivity contribution in [1.29, 1.82) is 0 Å². The first kappa shape index (κ1) is 15.5. The van der Waals surface area contributed by atoms with Crippen molar-refractivity contribution in [2.24, 2.45) is 0 Å². The minimum absolute atomic E-state index is 0.0627. The summed E-state index contributed by atoms with van der Waals surface area (Å²) in [7, 11) is 1.63. The number of aliphatic hydroxyl groups is 1. The lowest BCUT2D eigenvalue weighted by Crippen LogP contribution is -2.34. The summed E-state index contributed by atoms with van der Waals surface area (Å²) in [5, 5.41) is 13.9. The molecule has 0 bridgehead atoms. The van der Waals surface area contributed by atoms with Crippen LogP contribution in [-0.2, 0) is 0 Å². The molecule has 3 nitrogen and oxygen atoms in total. The van der Waals surface area contributed by atoms with E-state index in [4.69, 9.17) is 4.74 Å². The molecule has 0 saturated carbocycles. The predicted octanol–water partition coefficient (Wildman–Crippen LogP) is 3.47. The van der Waals surface area contributed by atoms with E-state index in [0.717, 1.165) is 11.3 Å². The first-order chi connectivity index (χ1) is 10.1. The van der Waals surface area contributed by atoms with E-state index in [-0.39, 0.29) is 12.1 Å². The minimum Gasteiger partial charge on any atom is -0.497 e. The van der Waals surface area contributed by atoms with Crippen LogP contribution in [0.2, 0.25) is 0 Å². The van der Waals surface area contributed by atoms with Gasteiger partial charge < -0.3 is 15.2 Å². The van der Waals surface area contributed by atoms with Crippen LogP contribution in [0.3, 0.4) is 0 Å². The monoisotopic (exact) mass is 285 g/mol. The van der Waals surface area contributed by atoms with Crippen LogP contribution in [0.4, 0.5) is 0 Å². The van der Waals surface area contributed by atoms with Crippen molar-refractivity contribution in [2.75, 3.05) is 7.11 Å². The van der Waals surface area contributed by atoms with E-state index in [9.17, 15) is 5.11 Å². The third-order valence-electron chi connectivity index (χ3n) is 3.72. The molecule has 3 heteroatoms. The lowest BCUT2D eigenvalue weighted by atomic mass is 10.0. The minimum atomic E-state index is -0.578. The van der Waals surface area contributed by atoms with E-state index in [1.807, 2.05) is 49.4 Å². The largest absolute Gasteiger partial charge is 0.497 e. The van der Waals surface area contributed by atoms with Crippen molar-refractivity contribution < 1.29 is 9.84 Å². The number of ether oxygens (including phenoxy) is 1. The summed E-state index contributed by atoms with van der Waals surface area (Å²) in [6.07, 6.45) is -0.578. The fourth-order valence-electron chi connectivity index (χ4n) is 2.44. The summed E-state index contributed by atoms with van der Waals surface area (Å²) in [5.41, 5.74) is 2.07. The average Bonchev–Trinajstić information content (AvgIpc) is 2.54. The molecule has 0 aliphatic rings. The standard InChI is InChI=1S/C18H23NO2/c1-13(15-8-5-4-6-9-15)19-14(2)18(20)16-10-7-11-17(12-16)21-3/h4-14,18-20H,1-3H3. The molecule has 21 heavy (non-hydrogen) atoms. The molecule has 0 radical (unpaired) electrons. The van der Waals surface area contributed by atoms with E-state index in [1.165, 1.54) is 5.56 Å². The third-order valence-corrected chi connectivity index (χ3v) is 3.72. The molecule has 0 saturated heterocycles. The van der Waals surface area contributed by atoms with Gasteiger partial charge in [0.05, 0.1) is 13.2 Å². The highest BCUT2D eigenvalue weighted by molar-refractivity contribution is 5.30. The second-order valence-corrected chi connectivity index (χ2v) is 5.31. The molecule has 0 heterocycles. The topological polar surface area (TPSA) is 41.5 Å². The second kappa shape index (κ2) is 7.25. The lowest BCUT2D eigenvalue weighted by Gasteiger charge is -2.25. The Hall–Kier alpha value is -1.84. The average molecular weight is 285 g/mol. The zero-order valence-electron chi connectivity index (χ0n) is 12.8. The van der Waals surface area contributed by atoms with Gasteiger partial charge in [0.1, 0.15) is 5.75 Å². The molecule has 2 aromatic rings. The highest BCUT2D eigenvalue weighted by atomic mass is 16.5. The van der Waals surface area contributed by atoms with Crippen LogP contribution in [0, 0.1) is 0 Å². The Morgan fingerprint density at radius 3 is 2.29 bits per heavy atom. The molecule has 3 atom stereocenters. The van der Waals surface area contributed by atoms with Gasteiger partial charge in [-0.3, -0.25) is 0 Å². The summed E-state index contributed by atoms with van der Waals surface area (Å²) >= 11 is 0. The van der Waals surface area contributed by atoms with Crippen molar-refractivity contribution in [2.45, 2.75) is 32.0 Å². The van der Waals surface area contributed by atoms with Gasteiger partial charge in [0.25, 0.3) is 0 Å². The highest BCUT2D eigenvalue weighted by Gasteiger charge is 2.19. The lowest BCUT2D eigenvalue weighted by molar-refractivity contribution is 0.130. The van der Waals surface area contributed by atoms with Crippen LogP contribution in [0.5, 0.6) is 5.75 Å². The van der Waals surface area contributed by atoms with Gasteiger partial charge in [-0.1, -0.05) is 42.5 Å². The Morgan fingerprint density at radius 1 is 0.952 bits per heavy atom. The van der Waals surface area contributed by atoms with E-state index >= 15 is 0 Å². The SMILES string of the molecule is COc1cccc(C(O)C(C)NC(C)c2ccccc2)c1. The summed E-state index contributed by atoms with van der Waals surface area (Å²) in [6, 6.07) is 17.9. The summed E-state index contributed by atoms with van der Waals surface area (Å²) in [5.74, 6) is 0.759. The summed E-state index contributed by atoms with van der Waals surface area (Å²) in [4.78, 5) is 0. The molecule has 112 valence electrons. The quantitative estimate of drug-likeness (QED) is 0.854. The van der Waals surface area contributed by atoms with Crippen LogP contribution < -0.4 is 10.1 Å². The van der Waals surface area contributed by atoms with Crippen LogP contribution >= 0.6 is 0 Å². The van der Waals surface area contributed by atoms with Gasteiger partial charge in [-0.25, -0.2) is 0 Å². The Bertz CT molecular complexity index is 556. The molecule has 0 fully saturated rings. The maximum Gasteiger partial charge on any atom is 0.119 e. The fourth-order valence-corrected chi connectivity index (χ4v) is 2.44. The number of nitrogens with one attached hydrogen (secondary N) is 1. The molecule has 2 aromatic carbocycles. The zero-order valence-corrected chi connectivity index (χ0v) is 12.8. The highest BCUT2D eigenvalue weighted by Crippen LogP contribution is 2.23. The smallest absolute Gasteiger partial charge is 0.119 e. The van der Waals surface area contributed by atoms with Gasteiger partial charge >= 0.3 is 0 Å². The second-order valence-electron chi connectivity index (χ2n) is 5.31. The molecule has 0 aliphatic heterocycles. The number of hydrogen-bond acceptors (Lipinski definition) is 3. The summed E-state index contributed by atoms with van der Waals surface area (Å²) in [6.45, 7) is 4.09. The molecule has 3 unspecified atom stereocenters. The Labute approximate surface area is 126 Å². The van der Waals surface area contributed by atoms with Crippen molar-refractivity contribution >= 4 is 0 Å². The van der Waals surface area contributed by atoms with E-state index in [1.54, 1.807) is 7.11 Å². The molecule has 2 N–H and O–H groups in total. The van der Waals surface area contributed by atoms with Gasteiger partial charge in [-0.15, -0.1) is 0 Å². The molecule has 0 amide bonds. The number of methoxy groups -OCH3 is 1. The summed E-state index contributed by atoms with van der Waals surface area (Å²) < 4.78 is 5.20. The third kappa shape index (κ3) is 4.06. The van der Waals surface area contributed by atoms with Crippen molar-refractivity contribution in [3.05, 3.63) is 65.7 Å². The molecular formula is C18H23NO2. The Kier molecular flexibility index (Phi) is 5.37. The van der Waals surface area contributed by atoms with Crippen molar-refractivity contribution in [3.63, 3.8) is 0 Å². The first-order valence-corrected chi connectivity index (χ1v) is 7.25. The molecule has 0 spiro atoms. The molecular weight excluding hydrogens is 262 g/mol. The van der Waals surface area contributed by atoms with Gasteiger partial charge in [0.15, 0.2) is 0 Å². The van der Waals surface area contributed by atoms with Crippen LogP contribution in [0.1, 0.15) is 37.1 Å². The van der Waals surface area contributed by atoms with E-state index in [2.05, 4.69) is 24.4 Å². The van der Waals surface area contributed by atoms with Crippen molar-refractivity contribution in [3.8, 4) is 5.75 Å². The van der Waals surface area contributed by atoms with Gasteiger partial charge in [-0.2, -0.15) is 0 Å². The van der Waals surface area contributed by atoms with E-state index < -0.39 is 6.10 Å². The van der Waals surface area contributed by atoms with Gasteiger partial charge in [0, 0.05) is 12.1 Å². The van der Waals surface area contributed by atoms with Crippen LogP contribution in [0.15, 0.2) is 54.6 Å². The van der Waals surface area contributed by atoms with Crippen LogP contribution in [0.25, 0.3) is 0 Å². The van der Waals surface area contributed by atoms with Crippen LogP contribution in [-0.4, -0.2) is 18.3 Å². The zero-order chi connectivity index (χ0) is 15.2. The molecule has 2 rings (SSSR count). The number of aliphatic hydroxyl groups excluding tert-OH is 1. The van der Waals surface area contributed by atoms with Gasteiger partial charge in [-0.05, 0) is 37.1 Å². The predicted molar refractivity (Wildman–Crippen MR) is 85.4 cm³/mol. The maximum atomic E-state index is 10.5. The Balaban J connectivity index is 2.03. The molecule has 0 aromatic heterocycles. The number of benzene rings is 2. The normalized spacial score (nSPS) is 15.2.